The normalized spacial score (nSPS) is 32.4. The summed E-state index contributed by atoms with van der Waals surface area (Å²) in [7, 11) is 0. The average molecular weight is 487 g/mol. The molecule has 2 nitrogen and oxygen atoms in total. The summed E-state index contributed by atoms with van der Waals surface area (Å²) in [6.45, 7) is 14.5. The van der Waals surface area contributed by atoms with Gasteiger partial charge in [-0.1, -0.05) is 66.2 Å². The third-order valence-corrected chi connectivity index (χ3v) is 12.1. The molecule has 0 aromatic carbocycles. The molecule has 4 saturated carbocycles. The van der Waals surface area contributed by atoms with E-state index in [4.69, 9.17) is 0 Å². The van der Waals surface area contributed by atoms with E-state index in [2.05, 4.69) is 37.5 Å². The Hall–Kier alpha value is -0.0800. The lowest BCUT2D eigenvalue weighted by Crippen LogP contribution is -2.54. The molecule has 0 atom stereocenters. The van der Waals surface area contributed by atoms with Crippen LogP contribution in [-0.4, -0.2) is 48.1 Å². The van der Waals surface area contributed by atoms with Crippen LogP contribution in [0.5, 0.6) is 0 Å². The van der Waals surface area contributed by atoms with Gasteiger partial charge in [-0.2, -0.15) is 0 Å². The first-order chi connectivity index (χ1) is 17.2. The summed E-state index contributed by atoms with van der Waals surface area (Å²) in [5.41, 5.74) is 0.684. The second-order valence-corrected chi connectivity index (χ2v) is 13.1. The highest BCUT2D eigenvalue weighted by Crippen LogP contribution is 2.63. The topological polar surface area (TPSA) is 6.48 Å². The van der Waals surface area contributed by atoms with E-state index in [1.165, 1.54) is 90.4 Å². The Morgan fingerprint density at radius 3 is 0.971 bits per heavy atom. The van der Waals surface area contributed by atoms with Gasteiger partial charge in [0, 0.05) is 12.1 Å². The van der Waals surface area contributed by atoms with E-state index in [0.29, 0.717) is 5.41 Å². The average Bonchev–Trinajstić information content (AvgIpc) is 2.93. The number of hydrogen-bond acceptors (Lipinski definition) is 2. The smallest absolute Gasteiger partial charge is 0.00952 e. The third kappa shape index (κ3) is 6.00. The van der Waals surface area contributed by atoms with Gasteiger partial charge in [0.05, 0.1) is 0 Å². The number of rotatable bonds is 10. The van der Waals surface area contributed by atoms with Crippen LogP contribution in [0.3, 0.4) is 0 Å². The molecule has 0 unspecified atom stereocenters. The summed E-state index contributed by atoms with van der Waals surface area (Å²) >= 11 is 0. The molecule has 0 radical (unpaired) electrons. The highest BCUT2D eigenvalue weighted by atomic mass is 15.1. The maximum atomic E-state index is 2.79. The minimum atomic E-state index is 0.684. The predicted molar refractivity (Wildman–Crippen MR) is 153 cm³/mol. The predicted octanol–water partition coefficient (Wildman–Crippen LogP) is 8.93. The minimum Gasteiger partial charge on any atom is -0.301 e. The highest BCUT2D eigenvalue weighted by molar-refractivity contribution is 5.05. The van der Waals surface area contributed by atoms with Crippen LogP contribution in [0.1, 0.15) is 143 Å². The largest absolute Gasteiger partial charge is 0.301 e. The van der Waals surface area contributed by atoms with Gasteiger partial charge in [0.15, 0.2) is 0 Å². The van der Waals surface area contributed by atoms with Gasteiger partial charge in [0.25, 0.3) is 0 Å². The Morgan fingerprint density at radius 1 is 0.400 bits per heavy atom. The molecular formula is C33H62N2. The fourth-order valence-electron chi connectivity index (χ4n) is 10.6. The number of hydrogen-bond donors (Lipinski definition) is 0. The molecule has 4 aliphatic rings. The molecule has 0 aliphatic heterocycles. The van der Waals surface area contributed by atoms with Crippen molar-refractivity contribution >= 4 is 0 Å². The maximum absolute atomic E-state index is 2.79. The zero-order valence-corrected chi connectivity index (χ0v) is 24.4. The van der Waals surface area contributed by atoms with Crippen molar-refractivity contribution in [2.45, 2.75) is 155 Å². The van der Waals surface area contributed by atoms with Crippen LogP contribution in [0.15, 0.2) is 0 Å². The van der Waals surface area contributed by atoms with Crippen molar-refractivity contribution < 1.29 is 0 Å². The van der Waals surface area contributed by atoms with Crippen LogP contribution >= 0.6 is 0 Å². The molecule has 35 heavy (non-hydrogen) atoms. The Morgan fingerprint density at radius 2 is 0.686 bits per heavy atom. The van der Waals surface area contributed by atoms with E-state index >= 15 is 0 Å². The molecule has 4 fully saturated rings. The number of nitrogens with zero attached hydrogens (tertiary/aromatic N) is 2. The van der Waals surface area contributed by atoms with E-state index in [0.717, 1.165) is 35.8 Å². The van der Waals surface area contributed by atoms with Crippen molar-refractivity contribution in [1.82, 2.24) is 9.80 Å². The van der Waals surface area contributed by atoms with Crippen LogP contribution in [0, 0.1) is 29.1 Å². The van der Waals surface area contributed by atoms with Crippen molar-refractivity contribution in [2.75, 3.05) is 26.2 Å². The maximum Gasteiger partial charge on any atom is 0.00952 e. The van der Waals surface area contributed by atoms with Crippen molar-refractivity contribution in [2.24, 2.45) is 29.1 Å². The van der Waals surface area contributed by atoms with Gasteiger partial charge in [-0.05, 0) is 132 Å². The van der Waals surface area contributed by atoms with Crippen LogP contribution in [-0.2, 0) is 0 Å². The van der Waals surface area contributed by atoms with Gasteiger partial charge in [-0.25, -0.2) is 0 Å². The van der Waals surface area contributed by atoms with Gasteiger partial charge >= 0.3 is 0 Å². The Kier molecular flexibility index (Phi) is 10.9. The summed E-state index contributed by atoms with van der Waals surface area (Å²) in [6, 6.07) is 1.74. The third-order valence-electron chi connectivity index (χ3n) is 12.1. The van der Waals surface area contributed by atoms with Gasteiger partial charge in [-0.3, -0.25) is 0 Å². The summed E-state index contributed by atoms with van der Waals surface area (Å²) in [4.78, 5) is 5.57. The molecule has 0 N–H and O–H groups in total. The lowest BCUT2D eigenvalue weighted by Gasteiger charge is -2.61. The molecule has 4 aliphatic carbocycles. The quantitative estimate of drug-likeness (QED) is 0.304. The zero-order chi connectivity index (χ0) is 24.7. The van der Waals surface area contributed by atoms with Crippen LogP contribution in [0.4, 0.5) is 0 Å². The molecule has 0 aromatic heterocycles. The Balaban J connectivity index is 1.61. The molecule has 0 heterocycles. The molecule has 204 valence electrons. The van der Waals surface area contributed by atoms with Gasteiger partial charge in [0.2, 0.25) is 0 Å². The standard InChI is InChI=1S/C33H62N2/c1-5-34(6-2)31-23-19-29(20-24-31)33(27-15-11-9-12-16-27,28-17-13-10-14-18-28)30-21-25-32(26-22-30)35(7-3)8-4/h27-32H,5-26H2,1-4H3. The first-order valence-corrected chi connectivity index (χ1v) is 16.7. The summed E-state index contributed by atoms with van der Waals surface area (Å²) in [5, 5.41) is 0. The fraction of sp³-hybridized carbons (Fsp3) is 1.00. The van der Waals surface area contributed by atoms with Crippen molar-refractivity contribution in [3.8, 4) is 0 Å². The molecule has 4 rings (SSSR count). The highest BCUT2D eigenvalue weighted by Gasteiger charge is 2.55. The summed E-state index contributed by atoms with van der Waals surface area (Å²) in [6.07, 6.45) is 27.6. The van der Waals surface area contributed by atoms with Gasteiger partial charge < -0.3 is 9.80 Å². The van der Waals surface area contributed by atoms with Crippen molar-refractivity contribution in [1.29, 1.82) is 0 Å². The van der Waals surface area contributed by atoms with E-state index in [-0.39, 0.29) is 0 Å². The molecule has 0 amide bonds. The SMILES string of the molecule is CCN(CC)C1CCC(C(C2CCCCC2)(C2CCCCC2)C2CCC(N(CC)CC)CC2)CC1. The molecule has 0 spiro atoms. The second-order valence-electron chi connectivity index (χ2n) is 13.1. The monoisotopic (exact) mass is 486 g/mol. The van der Waals surface area contributed by atoms with E-state index in [9.17, 15) is 0 Å². The molecule has 0 bridgehead atoms. The van der Waals surface area contributed by atoms with Crippen molar-refractivity contribution in [3.63, 3.8) is 0 Å². The van der Waals surface area contributed by atoms with E-state index in [1.54, 1.807) is 51.4 Å². The lowest BCUT2D eigenvalue weighted by molar-refractivity contribution is -0.115. The Labute approximate surface area is 220 Å². The van der Waals surface area contributed by atoms with E-state index < -0.39 is 0 Å². The minimum absolute atomic E-state index is 0.684. The molecule has 2 heteroatoms. The van der Waals surface area contributed by atoms with Crippen molar-refractivity contribution in [3.05, 3.63) is 0 Å². The first-order valence-electron chi connectivity index (χ1n) is 16.7. The molecule has 0 aromatic rings. The zero-order valence-electron chi connectivity index (χ0n) is 24.4. The fourth-order valence-corrected chi connectivity index (χ4v) is 10.6. The van der Waals surface area contributed by atoms with Gasteiger partial charge in [-0.15, -0.1) is 0 Å². The van der Waals surface area contributed by atoms with E-state index in [1.807, 2.05) is 0 Å². The van der Waals surface area contributed by atoms with Crippen LogP contribution < -0.4 is 0 Å². The van der Waals surface area contributed by atoms with Crippen LogP contribution in [0.25, 0.3) is 0 Å². The summed E-state index contributed by atoms with van der Waals surface area (Å²) < 4.78 is 0. The first kappa shape index (κ1) is 27.9. The lowest BCUT2D eigenvalue weighted by atomic mass is 9.45. The molecular weight excluding hydrogens is 424 g/mol. The Bertz CT molecular complexity index is 514. The summed E-state index contributed by atoms with van der Waals surface area (Å²) in [5.74, 6) is 4.14. The second kappa shape index (κ2) is 13.6. The van der Waals surface area contributed by atoms with Gasteiger partial charge in [0.1, 0.15) is 0 Å². The van der Waals surface area contributed by atoms with Crippen LogP contribution in [0.2, 0.25) is 0 Å². The molecule has 0 saturated heterocycles.